The third-order valence-electron chi connectivity index (χ3n) is 4.94. The molecule has 1 amide bonds. The van der Waals surface area contributed by atoms with Crippen molar-refractivity contribution >= 4 is 15.9 Å². The van der Waals surface area contributed by atoms with Crippen LogP contribution in [0.25, 0.3) is 0 Å². The lowest BCUT2D eigenvalue weighted by Gasteiger charge is -2.46. The Morgan fingerprint density at radius 1 is 1.24 bits per heavy atom. The van der Waals surface area contributed by atoms with Crippen molar-refractivity contribution in [2.45, 2.75) is 50.6 Å². The second-order valence-corrected chi connectivity index (χ2v) is 8.53. The number of carbonyl (C=O) groups is 1. The fourth-order valence-corrected chi connectivity index (χ4v) is 5.23. The minimum absolute atomic E-state index is 0.152. The summed E-state index contributed by atoms with van der Waals surface area (Å²) in [5.74, 6) is 0.747. The van der Waals surface area contributed by atoms with Crippen LogP contribution in [-0.2, 0) is 14.8 Å². The number of fused-ring (bicyclic) bond motifs is 1. The van der Waals surface area contributed by atoms with Gasteiger partial charge in [-0.2, -0.15) is 0 Å². The van der Waals surface area contributed by atoms with Gasteiger partial charge in [0.1, 0.15) is 0 Å². The smallest absolute Gasteiger partial charge is 0.223 e. The van der Waals surface area contributed by atoms with Crippen molar-refractivity contribution in [1.29, 1.82) is 0 Å². The minimum atomic E-state index is -3.17. The first kappa shape index (κ1) is 15.0. The van der Waals surface area contributed by atoms with Crippen molar-refractivity contribution in [3.8, 4) is 0 Å². The molecule has 1 saturated carbocycles. The highest BCUT2D eigenvalue weighted by atomic mass is 32.2. The molecule has 118 valence electrons. The molecule has 0 spiro atoms. The van der Waals surface area contributed by atoms with Gasteiger partial charge in [0, 0.05) is 31.6 Å². The van der Waals surface area contributed by atoms with Gasteiger partial charge in [-0.3, -0.25) is 4.79 Å². The van der Waals surface area contributed by atoms with Crippen molar-refractivity contribution in [1.82, 2.24) is 9.21 Å². The van der Waals surface area contributed by atoms with Crippen molar-refractivity contribution in [2.75, 3.05) is 18.8 Å². The molecule has 1 aliphatic carbocycles. The largest absolute Gasteiger partial charge is 0.336 e. The number of likely N-dealkylation sites (tertiary alicyclic amines) is 1. The van der Waals surface area contributed by atoms with Crippen molar-refractivity contribution in [3.63, 3.8) is 0 Å². The molecule has 3 rings (SSSR count). The van der Waals surface area contributed by atoms with E-state index in [9.17, 15) is 13.2 Å². The van der Waals surface area contributed by atoms with Gasteiger partial charge in [0.25, 0.3) is 0 Å². The van der Waals surface area contributed by atoms with Gasteiger partial charge in [-0.1, -0.05) is 6.08 Å². The molecule has 5 nitrogen and oxygen atoms in total. The lowest BCUT2D eigenvalue weighted by atomic mass is 9.84. The van der Waals surface area contributed by atoms with Crippen LogP contribution in [0.5, 0.6) is 0 Å². The second-order valence-electron chi connectivity index (χ2n) is 6.44. The van der Waals surface area contributed by atoms with E-state index in [1.807, 2.05) is 0 Å². The highest BCUT2D eigenvalue weighted by Gasteiger charge is 2.46. The standard InChI is InChI=1S/C15H24N2O3S/c1-2-3-10-21(19,20)16-9-8-14-12(11-16)4-7-15(18)17(14)13-5-6-13/h2,12-14H,1,3-11H2. The number of nitrogens with zero attached hydrogens (tertiary/aromatic N) is 2. The molecule has 2 unspecified atom stereocenters. The highest BCUT2D eigenvalue weighted by Crippen LogP contribution is 2.39. The van der Waals surface area contributed by atoms with E-state index < -0.39 is 10.0 Å². The normalized spacial score (nSPS) is 31.0. The maximum Gasteiger partial charge on any atom is 0.223 e. The first-order valence-electron chi connectivity index (χ1n) is 7.93. The van der Waals surface area contributed by atoms with E-state index in [2.05, 4.69) is 11.5 Å². The number of hydrogen-bond donors (Lipinski definition) is 0. The van der Waals surface area contributed by atoms with Crippen LogP contribution in [0, 0.1) is 5.92 Å². The summed E-state index contributed by atoms with van der Waals surface area (Å²) in [5.41, 5.74) is 0. The summed E-state index contributed by atoms with van der Waals surface area (Å²) in [5, 5.41) is 0. The van der Waals surface area contributed by atoms with Crippen LogP contribution in [0.1, 0.15) is 38.5 Å². The zero-order valence-electron chi connectivity index (χ0n) is 12.4. The van der Waals surface area contributed by atoms with E-state index in [0.717, 1.165) is 25.7 Å². The Labute approximate surface area is 127 Å². The van der Waals surface area contributed by atoms with Gasteiger partial charge in [-0.25, -0.2) is 12.7 Å². The van der Waals surface area contributed by atoms with Crippen LogP contribution in [0.4, 0.5) is 0 Å². The summed E-state index contributed by atoms with van der Waals surface area (Å²) >= 11 is 0. The summed E-state index contributed by atoms with van der Waals surface area (Å²) in [7, 11) is -3.17. The van der Waals surface area contributed by atoms with E-state index in [1.54, 1.807) is 10.4 Å². The lowest BCUT2D eigenvalue weighted by molar-refractivity contribution is -0.141. The van der Waals surface area contributed by atoms with Gasteiger partial charge in [0.15, 0.2) is 0 Å². The number of piperidine rings is 2. The highest BCUT2D eigenvalue weighted by molar-refractivity contribution is 7.89. The lowest BCUT2D eigenvalue weighted by Crippen LogP contribution is -2.57. The van der Waals surface area contributed by atoms with E-state index >= 15 is 0 Å². The molecular formula is C15H24N2O3S. The molecule has 3 aliphatic rings. The Morgan fingerprint density at radius 3 is 2.67 bits per heavy atom. The molecule has 2 heterocycles. The Kier molecular flexibility index (Phi) is 4.10. The SMILES string of the molecule is C=CCCS(=O)(=O)N1CCC2C(CCC(=O)N2C2CC2)C1. The topological polar surface area (TPSA) is 57.7 Å². The molecule has 0 aromatic rings. The number of carbonyl (C=O) groups excluding carboxylic acids is 1. The first-order chi connectivity index (χ1) is 10.0. The first-order valence-corrected chi connectivity index (χ1v) is 9.53. The summed E-state index contributed by atoms with van der Waals surface area (Å²) < 4.78 is 26.3. The van der Waals surface area contributed by atoms with Crippen LogP contribution < -0.4 is 0 Å². The zero-order valence-corrected chi connectivity index (χ0v) is 13.2. The molecule has 3 fully saturated rings. The predicted octanol–water partition coefficient (Wildman–Crippen LogP) is 1.37. The summed E-state index contributed by atoms with van der Waals surface area (Å²) in [6.45, 7) is 4.73. The van der Waals surface area contributed by atoms with Crippen LogP contribution >= 0.6 is 0 Å². The van der Waals surface area contributed by atoms with Gasteiger partial charge in [-0.05, 0) is 38.0 Å². The van der Waals surface area contributed by atoms with E-state index in [4.69, 9.17) is 0 Å². The van der Waals surface area contributed by atoms with Gasteiger partial charge in [-0.15, -0.1) is 6.58 Å². The molecule has 0 aromatic heterocycles. The molecule has 2 saturated heterocycles. The minimum Gasteiger partial charge on any atom is -0.336 e. The van der Waals surface area contributed by atoms with E-state index in [0.29, 0.717) is 37.9 Å². The Bertz CT molecular complexity index is 527. The van der Waals surface area contributed by atoms with Gasteiger partial charge < -0.3 is 4.90 Å². The molecule has 0 radical (unpaired) electrons. The third-order valence-corrected chi connectivity index (χ3v) is 6.81. The number of sulfonamides is 1. The van der Waals surface area contributed by atoms with E-state index in [-0.39, 0.29) is 17.7 Å². The Balaban J connectivity index is 1.68. The molecule has 0 N–H and O–H groups in total. The maximum absolute atomic E-state index is 12.3. The Hall–Kier alpha value is -0.880. The quantitative estimate of drug-likeness (QED) is 0.720. The third kappa shape index (κ3) is 3.01. The van der Waals surface area contributed by atoms with Crippen LogP contribution in [0.15, 0.2) is 12.7 Å². The molecule has 0 bridgehead atoms. The van der Waals surface area contributed by atoms with Gasteiger partial charge >= 0.3 is 0 Å². The summed E-state index contributed by atoms with van der Waals surface area (Å²) in [6.07, 6.45) is 6.60. The Morgan fingerprint density at radius 2 is 2.00 bits per heavy atom. The molecular weight excluding hydrogens is 288 g/mol. The van der Waals surface area contributed by atoms with Crippen molar-refractivity contribution in [2.24, 2.45) is 5.92 Å². The van der Waals surface area contributed by atoms with Crippen molar-refractivity contribution in [3.05, 3.63) is 12.7 Å². The second kappa shape index (κ2) is 5.72. The van der Waals surface area contributed by atoms with Crippen LogP contribution in [0.2, 0.25) is 0 Å². The van der Waals surface area contributed by atoms with Crippen LogP contribution in [-0.4, -0.2) is 54.5 Å². The zero-order chi connectivity index (χ0) is 15.0. The summed E-state index contributed by atoms with van der Waals surface area (Å²) in [6, 6.07) is 0.707. The fraction of sp³-hybridized carbons (Fsp3) is 0.800. The van der Waals surface area contributed by atoms with Crippen LogP contribution in [0.3, 0.4) is 0 Å². The van der Waals surface area contributed by atoms with Gasteiger partial charge in [0.05, 0.1) is 5.75 Å². The predicted molar refractivity (Wildman–Crippen MR) is 81.2 cm³/mol. The molecule has 21 heavy (non-hydrogen) atoms. The number of amides is 1. The maximum atomic E-state index is 12.3. The fourth-order valence-electron chi connectivity index (χ4n) is 3.70. The van der Waals surface area contributed by atoms with Crippen molar-refractivity contribution < 1.29 is 13.2 Å². The average molecular weight is 312 g/mol. The number of allylic oxidation sites excluding steroid dienone is 1. The molecule has 2 atom stereocenters. The average Bonchev–Trinajstić information content (AvgIpc) is 3.29. The molecule has 2 aliphatic heterocycles. The van der Waals surface area contributed by atoms with E-state index in [1.165, 1.54) is 0 Å². The van der Waals surface area contributed by atoms with Gasteiger partial charge in [0.2, 0.25) is 15.9 Å². The number of rotatable bonds is 5. The number of hydrogen-bond acceptors (Lipinski definition) is 3. The monoisotopic (exact) mass is 312 g/mol. The molecule has 0 aromatic carbocycles. The molecule has 6 heteroatoms. The summed E-state index contributed by atoms with van der Waals surface area (Å²) in [4.78, 5) is 14.2.